The van der Waals surface area contributed by atoms with Crippen molar-refractivity contribution in [2.75, 3.05) is 31.1 Å². The van der Waals surface area contributed by atoms with Gasteiger partial charge in [-0.1, -0.05) is 13.0 Å². The highest BCUT2D eigenvalue weighted by Crippen LogP contribution is 2.32. The standard InChI is InChI=1S/C17H23F3N2O5S2/c1-2-28(24,25)11-8-21-16(23)13-6-9-22(10-7-13)29(26,27)15-5-3-4-14(12-15)17(18,19)20/h3-5,12-13H,2,6-11H2,1H3,(H,21,23). The maximum Gasteiger partial charge on any atom is 0.416 e. The van der Waals surface area contributed by atoms with Gasteiger partial charge in [-0.3, -0.25) is 4.79 Å². The molecule has 1 aromatic rings. The molecule has 1 amide bonds. The number of alkyl halides is 3. The largest absolute Gasteiger partial charge is 0.416 e. The summed E-state index contributed by atoms with van der Waals surface area (Å²) in [5, 5.41) is 2.54. The van der Waals surface area contributed by atoms with Gasteiger partial charge in [0.05, 0.1) is 16.2 Å². The van der Waals surface area contributed by atoms with Gasteiger partial charge in [0.1, 0.15) is 0 Å². The molecule has 0 aromatic heterocycles. The molecule has 0 unspecified atom stereocenters. The quantitative estimate of drug-likeness (QED) is 0.673. The number of carbonyl (C=O) groups excluding carboxylic acids is 1. The van der Waals surface area contributed by atoms with Crippen LogP contribution in [0.3, 0.4) is 0 Å². The van der Waals surface area contributed by atoms with Crippen LogP contribution in [0.5, 0.6) is 0 Å². The minimum absolute atomic E-state index is 0.01000. The number of sulfonamides is 1. The first-order valence-electron chi connectivity index (χ1n) is 9.02. The zero-order valence-electron chi connectivity index (χ0n) is 15.8. The summed E-state index contributed by atoms with van der Waals surface area (Å²) >= 11 is 0. The second-order valence-electron chi connectivity index (χ2n) is 6.73. The van der Waals surface area contributed by atoms with Crippen molar-refractivity contribution in [2.45, 2.75) is 30.8 Å². The summed E-state index contributed by atoms with van der Waals surface area (Å²) in [5.74, 6) is -1.02. The lowest BCUT2D eigenvalue weighted by Crippen LogP contribution is -2.43. The fourth-order valence-electron chi connectivity index (χ4n) is 2.96. The van der Waals surface area contributed by atoms with Gasteiger partial charge in [-0.2, -0.15) is 17.5 Å². The van der Waals surface area contributed by atoms with E-state index in [1.807, 2.05) is 0 Å². The molecule has 29 heavy (non-hydrogen) atoms. The molecule has 1 aliphatic heterocycles. The number of nitrogens with zero attached hydrogens (tertiary/aromatic N) is 1. The van der Waals surface area contributed by atoms with E-state index in [2.05, 4.69) is 5.32 Å². The summed E-state index contributed by atoms with van der Waals surface area (Å²) in [7, 11) is -7.31. The number of hydrogen-bond acceptors (Lipinski definition) is 5. The Balaban J connectivity index is 1.97. The maximum absolute atomic E-state index is 12.8. The number of carbonyl (C=O) groups is 1. The van der Waals surface area contributed by atoms with E-state index in [9.17, 15) is 34.8 Å². The number of hydrogen-bond donors (Lipinski definition) is 1. The molecule has 0 spiro atoms. The van der Waals surface area contributed by atoms with E-state index in [0.29, 0.717) is 6.07 Å². The van der Waals surface area contributed by atoms with Crippen LogP contribution in [0.15, 0.2) is 29.2 Å². The predicted molar refractivity (Wildman–Crippen MR) is 100 cm³/mol. The highest BCUT2D eigenvalue weighted by molar-refractivity contribution is 7.91. The minimum Gasteiger partial charge on any atom is -0.355 e. The lowest BCUT2D eigenvalue weighted by atomic mass is 9.97. The van der Waals surface area contributed by atoms with Gasteiger partial charge in [-0.05, 0) is 31.0 Å². The molecule has 0 radical (unpaired) electrons. The fourth-order valence-corrected chi connectivity index (χ4v) is 5.18. The molecule has 0 bridgehead atoms. The first-order chi connectivity index (χ1) is 13.4. The Bertz CT molecular complexity index is 938. The Morgan fingerprint density at radius 1 is 1.17 bits per heavy atom. The molecule has 1 N–H and O–H groups in total. The third-order valence-corrected chi connectivity index (χ3v) is 8.38. The topological polar surface area (TPSA) is 101 Å². The normalized spacial score (nSPS) is 17.2. The van der Waals surface area contributed by atoms with E-state index < -0.39 is 42.4 Å². The molecule has 1 fully saturated rings. The van der Waals surface area contributed by atoms with Gasteiger partial charge >= 0.3 is 6.18 Å². The van der Waals surface area contributed by atoms with E-state index >= 15 is 0 Å². The zero-order valence-corrected chi connectivity index (χ0v) is 17.4. The van der Waals surface area contributed by atoms with Gasteiger partial charge in [-0.15, -0.1) is 0 Å². The first-order valence-corrected chi connectivity index (χ1v) is 12.3. The minimum atomic E-state index is -4.65. The van der Waals surface area contributed by atoms with Crippen molar-refractivity contribution in [1.82, 2.24) is 9.62 Å². The van der Waals surface area contributed by atoms with E-state index in [1.54, 1.807) is 0 Å². The summed E-state index contributed by atoms with van der Waals surface area (Å²) in [6.07, 6.45) is -4.25. The molecule has 1 aliphatic rings. The van der Waals surface area contributed by atoms with E-state index in [0.717, 1.165) is 22.5 Å². The van der Waals surface area contributed by atoms with E-state index in [-0.39, 0.29) is 49.9 Å². The molecule has 164 valence electrons. The van der Waals surface area contributed by atoms with Crippen molar-refractivity contribution in [3.8, 4) is 0 Å². The van der Waals surface area contributed by atoms with Gasteiger partial charge in [0, 0.05) is 31.3 Å². The van der Waals surface area contributed by atoms with Crippen LogP contribution in [0.4, 0.5) is 13.2 Å². The van der Waals surface area contributed by atoms with Crippen molar-refractivity contribution >= 4 is 25.8 Å². The Kier molecular flexibility index (Phi) is 7.33. The van der Waals surface area contributed by atoms with Crippen molar-refractivity contribution in [3.63, 3.8) is 0 Å². The molecule has 0 aliphatic carbocycles. The Hall–Kier alpha value is -1.66. The number of halogens is 3. The number of piperidine rings is 1. The van der Waals surface area contributed by atoms with Crippen LogP contribution in [0.1, 0.15) is 25.3 Å². The summed E-state index contributed by atoms with van der Waals surface area (Å²) < 4.78 is 87.8. The molecule has 1 aromatic carbocycles. The van der Waals surface area contributed by atoms with Crippen molar-refractivity contribution in [2.24, 2.45) is 5.92 Å². The third kappa shape index (κ3) is 6.16. The molecule has 1 saturated heterocycles. The molecule has 1 heterocycles. The van der Waals surface area contributed by atoms with Crippen LogP contribution >= 0.6 is 0 Å². The molecule has 2 rings (SSSR count). The van der Waals surface area contributed by atoms with Crippen LogP contribution < -0.4 is 5.32 Å². The molecular weight excluding hydrogens is 433 g/mol. The average molecular weight is 457 g/mol. The predicted octanol–water partition coefficient (Wildman–Crippen LogP) is 1.66. The van der Waals surface area contributed by atoms with E-state index in [1.165, 1.54) is 6.92 Å². The van der Waals surface area contributed by atoms with Gasteiger partial charge in [0.15, 0.2) is 9.84 Å². The van der Waals surface area contributed by atoms with Gasteiger partial charge in [0.2, 0.25) is 15.9 Å². The second-order valence-corrected chi connectivity index (χ2v) is 11.1. The Labute approximate surface area is 168 Å². The first kappa shape index (κ1) is 23.6. The monoisotopic (exact) mass is 456 g/mol. The average Bonchev–Trinajstić information content (AvgIpc) is 2.67. The lowest BCUT2D eigenvalue weighted by molar-refractivity contribution is -0.137. The molecule has 12 heteroatoms. The second kappa shape index (κ2) is 9.00. The summed E-state index contributed by atoms with van der Waals surface area (Å²) in [4.78, 5) is 11.7. The lowest BCUT2D eigenvalue weighted by Gasteiger charge is -2.30. The highest BCUT2D eigenvalue weighted by Gasteiger charge is 2.35. The molecule has 0 saturated carbocycles. The van der Waals surface area contributed by atoms with Crippen molar-refractivity contribution in [1.29, 1.82) is 0 Å². The highest BCUT2D eigenvalue weighted by atomic mass is 32.2. The van der Waals surface area contributed by atoms with Crippen molar-refractivity contribution in [3.05, 3.63) is 29.8 Å². The van der Waals surface area contributed by atoms with Gasteiger partial charge in [-0.25, -0.2) is 16.8 Å². The number of benzene rings is 1. The zero-order chi connectivity index (χ0) is 21.9. The fraction of sp³-hybridized carbons (Fsp3) is 0.588. The number of nitrogens with one attached hydrogen (secondary N) is 1. The van der Waals surface area contributed by atoms with Crippen LogP contribution in [0.2, 0.25) is 0 Å². The van der Waals surface area contributed by atoms with E-state index in [4.69, 9.17) is 0 Å². The molecule has 0 atom stereocenters. The van der Waals surface area contributed by atoms with Crippen LogP contribution in [-0.2, 0) is 30.8 Å². The third-order valence-electron chi connectivity index (χ3n) is 4.78. The number of amides is 1. The maximum atomic E-state index is 12.8. The summed E-state index contributed by atoms with van der Waals surface area (Å²) in [6, 6.07) is 3.55. The Morgan fingerprint density at radius 3 is 2.34 bits per heavy atom. The molecule has 7 nitrogen and oxygen atoms in total. The number of sulfone groups is 1. The molecular formula is C17H23F3N2O5S2. The van der Waals surface area contributed by atoms with Gasteiger partial charge < -0.3 is 5.32 Å². The van der Waals surface area contributed by atoms with Crippen LogP contribution in [-0.4, -0.2) is 58.2 Å². The SMILES string of the molecule is CCS(=O)(=O)CCNC(=O)C1CCN(S(=O)(=O)c2cccc(C(F)(F)F)c2)CC1. The van der Waals surface area contributed by atoms with Crippen LogP contribution in [0.25, 0.3) is 0 Å². The summed E-state index contributed by atoms with van der Waals surface area (Å²) in [6.45, 7) is 1.48. The summed E-state index contributed by atoms with van der Waals surface area (Å²) in [5.41, 5.74) is -1.05. The Morgan fingerprint density at radius 2 is 1.79 bits per heavy atom. The smallest absolute Gasteiger partial charge is 0.355 e. The van der Waals surface area contributed by atoms with Crippen LogP contribution in [0, 0.1) is 5.92 Å². The number of rotatable bonds is 7. The van der Waals surface area contributed by atoms with Gasteiger partial charge in [0.25, 0.3) is 0 Å². The van der Waals surface area contributed by atoms with Crippen molar-refractivity contribution < 1.29 is 34.8 Å².